The second-order valence-corrected chi connectivity index (χ2v) is 6.35. The Morgan fingerprint density at radius 2 is 1.77 bits per heavy atom. The minimum Gasteiger partial charge on any atom is -0.478 e. The van der Waals surface area contributed by atoms with Crippen molar-refractivity contribution >= 4 is 5.97 Å². The average molecular weight is 358 g/mol. The summed E-state index contributed by atoms with van der Waals surface area (Å²) in [6.07, 6.45) is 0. The molecular weight excluding hydrogens is 335 g/mol. The Morgan fingerprint density at radius 1 is 1.12 bits per heavy atom. The molecule has 1 heterocycles. The van der Waals surface area contributed by atoms with Crippen LogP contribution in [-0.4, -0.2) is 48.8 Å². The van der Waals surface area contributed by atoms with Crippen LogP contribution in [0.3, 0.4) is 0 Å². The predicted octanol–water partition coefficient (Wildman–Crippen LogP) is 2.69. The van der Waals surface area contributed by atoms with Gasteiger partial charge in [0.2, 0.25) is 0 Å². The van der Waals surface area contributed by atoms with Crippen molar-refractivity contribution in [3.05, 3.63) is 71.0 Å². The first-order valence-corrected chi connectivity index (χ1v) is 8.74. The van der Waals surface area contributed by atoms with Crippen LogP contribution >= 0.6 is 0 Å². The molecule has 2 aromatic rings. The van der Waals surface area contributed by atoms with Crippen LogP contribution in [0.15, 0.2) is 48.5 Å². The van der Waals surface area contributed by atoms with Crippen LogP contribution in [0, 0.1) is 5.82 Å². The van der Waals surface area contributed by atoms with E-state index in [1.165, 1.54) is 12.1 Å². The summed E-state index contributed by atoms with van der Waals surface area (Å²) < 4.78 is 18.7. The monoisotopic (exact) mass is 358 g/mol. The van der Waals surface area contributed by atoms with Crippen molar-refractivity contribution in [1.29, 1.82) is 0 Å². The molecule has 2 aromatic carbocycles. The molecule has 0 spiro atoms. The number of nitrogens with zero attached hydrogens (tertiary/aromatic N) is 1. The van der Waals surface area contributed by atoms with Crippen LogP contribution in [0.4, 0.5) is 4.39 Å². The van der Waals surface area contributed by atoms with E-state index >= 15 is 0 Å². The van der Waals surface area contributed by atoms with E-state index in [-0.39, 0.29) is 17.4 Å². The lowest BCUT2D eigenvalue weighted by Gasteiger charge is -2.35. The first-order valence-electron chi connectivity index (χ1n) is 8.74. The van der Waals surface area contributed by atoms with E-state index in [4.69, 9.17) is 9.84 Å². The summed E-state index contributed by atoms with van der Waals surface area (Å²) in [6.45, 7) is 4.45. The van der Waals surface area contributed by atoms with Gasteiger partial charge in [-0.3, -0.25) is 4.90 Å². The molecule has 138 valence electrons. The highest BCUT2D eigenvalue weighted by molar-refractivity contribution is 5.87. The van der Waals surface area contributed by atoms with Crippen LogP contribution in [-0.2, 0) is 11.3 Å². The molecular formula is C20H23FN2O3. The zero-order chi connectivity index (χ0) is 18.4. The van der Waals surface area contributed by atoms with Crippen LogP contribution < -0.4 is 5.32 Å². The SMILES string of the molecule is O=C(O)c1ccc(CNCC(c2ccc(F)cc2)N2CCOCC2)cc1. The number of aromatic carboxylic acids is 1. The highest BCUT2D eigenvalue weighted by Gasteiger charge is 2.22. The Balaban J connectivity index is 1.63. The second kappa shape index (κ2) is 8.89. The van der Waals surface area contributed by atoms with Gasteiger partial charge in [0.05, 0.1) is 18.8 Å². The van der Waals surface area contributed by atoms with Gasteiger partial charge < -0.3 is 15.2 Å². The number of hydrogen-bond donors (Lipinski definition) is 2. The summed E-state index contributed by atoms with van der Waals surface area (Å²) in [4.78, 5) is 13.3. The molecule has 5 nitrogen and oxygen atoms in total. The third-order valence-electron chi connectivity index (χ3n) is 4.61. The maximum Gasteiger partial charge on any atom is 0.335 e. The van der Waals surface area contributed by atoms with Crippen molar-refractivity contribution in [3.63, 3.8) is 0 Å². The van der Waals surface area contributed by atoms with E-state index in [2.05, 4.69) is 10.2 Å². The Hall–Kier alpha value is -2.28. The van der Waals surface area contributed by atoms with E-state index in [1.54, 1.807) is 12.1 Å². The quantitative estimate of drug-likeness (QED) is 0.797. The molecule has 1 atom stereocenters. The molecule has 26 heavy (non-hydrogen) atoms. The molecule has 0 aliphatic carbocycles. The molecule has 0 radical (unpaired) electrons. The highest BCUT2D eigenvalue weighted by atomic mass is 19.1. The Morgan fingerprint density at radius 3 is 2.38 bits per heavy atom. The number of nitrogens with one attached hydrogen (secondary N) is 1. The molecule has 0 amide bonds. The fourth-order valence-corrected chi connectivity index (χ4v) is 3.15. The lowest BCUT2D eigenvalue weighted by molar-refractivity contribution is 0.0161. The number of rotatable bonds is 7. The Bertz CT molecular complexity index is 713. The van der Waals surface area contributed by atoms with E-state index in [0.717, 1.165) is 24.2 Å². The maximum atomic E-state index is 13.3. The van der Waals surface area contributed by atoms with Crippen LogP contribution in [0.1, 0.15) is 27.5 Å². The summed E-state index contributed by atoms with van der Waals surface area (Å²) >= 11 is 0. The first kappa shape index (κ1) is 18.5. The smallest absolute Gasteiger partial charge is 0.335 e. The van der Waals surface area contributed by atoms with E-state index < -0.39 is 5.97 Å². The molecule has 0 aromatic heterocycles. The number of carboxylic acid groups (broad SMARTS) is 1. The standard InChI is InChI=1S/C20H23FN2O3/c21-18-7-5-16(6-8-18)19(23-9-11-26-12-10-23)14-22-13-15-1-3-17(4-2-15)20(24)25/h1-8,19,22H,9-14H2,(H,24,25). The lowest BCUT2D eigenvalue weighted by Crippen LogP contribution is -2.42. The number of halogens is 1. The third-order valence-corrected chi connectivity index (χ3v) is 4.61. The van der Waals surface area contributed by atoms with Crippen molar-refractivity contribution in [1.82, 2.24) is 10.2 Å². The number of hydrogen-bond acceptors (Lipinski definition) is 4. The fraction of sp³-hybridized carbons (Fsp3) is 0.350. The zero-order valence-electron chi connectivity index (χ0n) is 14.5. The lowest BCUT2D eigenvalue weighted by atomic mass is 10.0. The fourth-order valence-electron chi connectivity index (χ4n) is 3.15. The molecule has 1 unspecified atom stereocenters. The second-order valence-electron chi connectivity index (χ2n) is 6.35. The summed E-state index contributed by atoms with van der Waals surface area (Å²) in [5, 5.41) is 12.4. The molecule has 6 heteroatoms. The summed E-state index contributed by atoms with van der Waals surface area (Å²) in [6, 6.07) is 13.6. The number of morpholine rings is 1. The van der Waals surface area contributed by atoms with Gasteiger partial charge in [0, 0.05) is 32.2 Å². The maximum absolute atomic E-state index is 13.3. The molecule has 0 bridgehead atoms. The number of benzene rings is 2. The van der Waals surface area contributed by atoms with Crippen molar-refractivity contribution in [2.24, 2.45) is 0 Å². The number of carbonyl (C=O) groups is 1. The molecule has 1 fully saturated rings. The van der Waals surface area contributed by atoms with Gasteiger partial charge in [-0.1, -0.05) is 24.3 Å². The van der Waals surface area contributed by atoms with Gasteiger partial charge in [-0.2, -0.15) is 0 Å². The van der Waals surface area contributed by atoms with E-state index in [9.17, 15) is 9.18 Å². The Labute approximate surface area is 152 Å². The van der Waals surface area contributed by atoms with Crippen LogP contribution in [0.2, 0.25) is 0 Å². The summed E-state index contributed by atoms with van der Waals surface area (Å²) in [5.41, 5.74) is 2.38. The molecule has 0 saturated carbocycles. The van der Waals surface area contributed by atoms with Gasteiger partial charge in [-0.15, -0.1) is 0 Å². The predicted molar refractivity (Wildman–Crippen MR) is 96.6 cm³/mol. The van der Waals surface area contributed by atoms with Crippen LogP contribution in [0.5, 0.6) is 0 Å². The molecule has 3 rings (SSSR count). The minimum atomic E-state index is -0.923. The van der Waals surface area contributed by atoms with Crippen molar-refractivity contribution in [2.75, 3.05) is 32.8 Å². The van der Waals surface area contributed by atoms with Crippen molar-refractivity contribution < 1.29 is 19.0 Å². The van der Waals surface area contributed by atoms with Gasteiger partial charge in [-0.05, 0) is 35.4 Å². The molecule has 2 N–H and O–H groups in total. The minimum absolute atomic E-state index is 0.137. The zero-order valence-corrected chi connectivity index (χ0v) is 14.5. The summed E-state index contributed by atoms with van der Waals surface area (Å²) in [5.74, 6) is -1.16. The number of carboxylic acids is 1. The summed E-state index contributed by atoms with van der Waals surface area (Å²) in [7, 11) is 0. The van der Waals surface area contributed by atoms with Crippen molar-refractivity contribution in [2.45, 2.75) is 12.6 Å². The van der Waals surface area contributed by atoms with Crippen molar-refractivity contribution in [3.8, 4) is 0 Å². The van der Waals surface area contributed by atoms with E-state index in [0.29, 0.717) is 26.3 Å². The average Bonchev–Trinajstić information content (AvgIpc) is 2.67. The first-order chi connectivity index (χ1) is 12.6. The van der Waals surface area contributed by atoms with Gasteiger partial charge in [-0.25, -0.2) is 9.18 Å². The largest absolute Gasteiger partial charge is 0.478 e. The van der Waals surface area contributed by atoms with Gasteiger partial charge in [0.1, 0.15) is 5.82 Å². The topological polar surface area (TPSA) is 61.8 Å². The van der Waals surface area contributed by atoms with Gasteiger partial charge in [0.15, 0.2) is 0 Å². The molecule has 1 aliphatic rings. The highest BCUT2D eigenvalue weighted by Crippen LogP contribution is 2.22. The molecule has 1 aliphatic heterocycles. The molecule has 1 saturated heterocycles. The third kappa shape index (κ3) is 4.88. The van der Waals surface area contributed by atoms with Gasteiger partial charge >= 0.3 is 5.97 Å². The van der Waals surface area contributed by atoms with Crippen LogP contribution in [0.25, 0.3) is 0 Å². The van der Waals surface area contributed by atoms with E-state index in [1.807, 2.05) is 24.3 Å². The normalized spacial score (nSPS) is 16.3. The van der Waals surface area contributed by atoms with Gasteiger partial charge in [0.25, 0.3) is 0 Å². The Kier molecular flexibility index (Phi) is 6.33. The number of ether oxygens (including phenoxy) is 1.